The molecule has 0 spiro atoms. The Bertz CT molecular complexity index is 471. The molecular weight excluding hydrogens is 172 g/mol. The highest BCUT2D eigenvalue weighted by atomic mass is 15.1. The summed E-state index contributed by atoms with van der Waals surface area (Å²) in [4.78, 5) is 0. The van der Waals surface area contributed by atoms with E-state index in [1.807, 2.05) is 12.4 Å². The van der Waals surface area contributed by atoms with Crippen LogP contribution in [0, 0.1) is 5.92 Å². The normalized spacial score (nSPS) is 19.9. The molecule has 0 saturated heterocycles. The van der Waals surface area contributed by atoms with Gasteiger partial charge in [-0.25, -0.2) is 0 Å². The molecule has 0 N–H and O–H groups in total. The van der Waals surface area contributed by atoms with E-state index < -0.39 is 0 Å². The maximum atomic E-state index is 3.92. The highest BCUT2D eigenvalue weighted by Crippen LogP contribution is 2.09. The van der Waals surface area contributed by atoms with Crippen molar-refractivity contribution in [1.29, 1.82) is 0 Å². The fourth-order valence-corrected chi connectivity index (χ4v) is 1.69. The van der Waals surface area contributed by atoms with Crippen molar-refractivity contribution in [3.8, 4) is 0 Å². The molecule has 1 aliphatic rings. The van der Waals surface area contributed by atoms with Gasteiger partial charge in [-0.15, -0.1) is 0 Å². The van der Waals surface area contributed by atoms with E-state index in [1.165, 1.54) is 16.0 Å². The lowest BCUT2D eigenvalue weighted by Gasteiger charge is -1.99. The molecule has 14 heavy (non-hydrogen) atoms. The van der Waals surface area contributed by atoms with E-state index in [4.69, 9.17) is 0 Å². The summed E-state index contributed by atoms with van der Waals surface area (Å²) >= 11 is 0. The fraction of sp³-hybridized carbons (Fsp3) is 0.333. The third-order valence-electron chi connectivity index (χ3n) is 2.64. The van der Waals surface area contributed by atoms with Crippen LogP contribution in [0.3, 0.4) is 0 Å². The van der Waals surface area contributed by atoms with Gasteiger partial charge in [0.05, 0.1) is 12.4 Å². The van der Waals surface area contributed by atoms with E-state index in [2.05, 4.69) is 42.3 Å². The second-order valence-electron chi connectivity index (χ2n) is 3.64. The molecule has 1 unspecified atom stereocenters. The first-order valence-corrected chi connectivity index (χ1v) is 4.99. The third-order valence-corrected chi connectivity index (χ3v) is 2.64. The Morgan fingerprint density at radius 2 is 2.07 bits per heavy atom. The quantitative estimate of drug-likeness (QED) is 0.654. The first kappa shape index (κ1) is 9.13. The van der Waals surface area contributed by atoms with E-state index in [1.54, 1.807) is 0 Å². The van der Waals surface area contributed by atoms with Crippen LogP contribution in [0.25, 0.3) is 11.6 Å². The van der Waals surface area contributed by atoms with Crippen molar-refractivity contribution in [2.75, 3.05) is 0 Å². The molecule has 0 bridgehead atoms. The molecule has 1 aromatic heterocycles. The van der Waals surface area contributed by atoms with Gasteiger partial charge in [-0.2, -0.15) is 10.2 Å². The van der Waals surface area contributed by atoms with E-state index in [-0.39, 0.29) is 0 Å². The topological polar surface area (TPSA) is 25.8 Å². The van der Waals surface area contributed by atoms with Crippen molar-refractivity contribution in [3.63, 3.8) is 0 Å². The first-order valence-electron chi connectivity index (χ1n) is 4.99. The van der Waals surface area contributed by atoms with Gasteiger partial charge in [-0.1, -0.05) is 25.2 Å². The summed E-state index contributed by atoms with van der Waals surface area (Å²) in [7, 11) is 0. The van der Waals surface area contributed by atoms with Crippen molar-refractivity contribution in [1.82, 2.24) is 10.2 Å². The minimum atomic E-state index is 0.524. The largest absolute Gasteiger partial charge is 0.159 e. The number of aromatic nitrogens is 2. The highest BCUT2D eigenvalue weighted by Gasteiger charge is 2.01. The van der Waals surface area contributed by atoms with Crippen LogP contribution in [0.5, 0.6) is 0 Å². The summed E-state index contributed by atoms with van der Waals surface area (Å²) in [5.74, 6) is 0.524. The summed E-state index contributed by atoms with van der Waals surface area (Å²) in [6, 6.07) is 0. The standard InChI is InChI=1S/C12H14N2/c1-3-10-5-4-9(2)12-8-14-13-7-11(12)6-10/h4-8,10H,3H2,1-2H3. The van der Waals surface area contributed by atoms with Gasteiger partial charge < -0.3 is 0 Å². The summed E-state index contributed by atoms with van der Waals surface area (Å²) in [5.41, 5.74) is 1.27. The zero-order valence-electron chi connectivity index (χ0n) is 8.57. The van der Waals surface area contributed by atoms with Crippen molar-refractivity contribution in [2.24, 2.45) is 5.92 Å². The average Bonchev–Trinajstić information content (AvgIpc) is 2.39. The number of hydrogen-bond acceptors (Lipinski definition) is 2. The van der Waals surface area contributed by atoms with Crippen LogP contribution in [0.15, 0.2) is 24.5 Å². The van der Waals surface area contributed by atoms with Crippen LogP contribution < -0.4 is 10.4 Å². The molecule has 0 radical (unpaired) electrons. The van der Waals surface area contributed by atoms with Gasteiger partial charge in [-0.05, 0) is 24.8 Å². The van der Waals surface area contributed by atoms with Crippen LogP contribution in [0.4, 0.5) is 0 Å². The predicted octanol–water partition coefficient (Wildman–Crippen LogP) is 1.02. The van der Waals surface area contributed by atoms with Crippen LogP contribution in [-0.4, -0.2) is 10.2 Å². The molecule has 0 aromatic carbocycles. The average molecular weight is 186 g/mol. The Labute approximate surface area is 83.7 Å². The van der Waals surface area contributed by atoms with Gasteiger partial charge in [-0.3, -0.25) is 0 Å². The van der Waals surface area contributed by atoms with E-state index in [9.17, 15) is 0 Å². The van der Waals surface area contributed by atoms with Crippen molar-refractivity contribution in [3.05, 3.63) is 35.0 Å². The van der Waals surface area contributed by atoms with Gasteiger partial charge in [0, 0.05) is 10.4 Å². The van der Waals surface area contributed by atoms with Crippen molar-refractivity contribution < 1.29 is 0 Å². The lowest BCUT2D eigenvalue weighted by atomic mass is 10.1. The monoisotopic (exact) mass is 186 g/mol. The van der Waals surface area contributed by atoms with Gasteiger partial charge in [0.1, 0.15) is 0 Å². The molecule has 1 aliphatic carbocycles. The van der Waals surface area contributed by atoms with E-state index in [0.29, 0.717) is 5.92 Å². The molecule has 1 aromatic rings. The highest BCUT2D eigenvalue weighted by molar-refractivity contribution is 5.57. The van der Waals surface area contributed by atoms with Gasteiger partial charge in [0.25, 0.3) is 0 Å². The molecule has 2 nitrogen and oxygen atoms in total. The maximum absolute atomic E-state index is 3.92. The molecule has 0 aliphatic heterocycles. The summed E-state index contributed by atoms with van der Waals surface area (Å²) < 4.78 is 0. The molecule has 1 atom stereocenters. The van der Waals surface area contributed by atoms with Crippen LogP contribution in [0.2, 0.25) is 0 Å². The molecule has 2 rings (SSSR count). The van der Waals surface area contributed by atoms with E-state index in [0.717, 1.165) is 6.42 Å². The van der Waals surface area contributed by atoms with Crippen LogP contribution in [0.1, 0.15) is 20.3 Å². The zero-order chi connectivity index (χ0) is 9.97. The number of nitrogens with zero attached hydrogens (tertiary/aromatic N) is 2. The molecule has 0 saturated carbocycles. The van der Waals surface area contributed by atoms with Crippen LogP contribution >= 0.6 is 0 Å². The molecule has 0 amide bonds. The zero-order valence-corrected chi connectivity index (χ0v) is 8.57. The second-order valence-corrected chi connectivity index (χ2v) is 3.64. The lowest BCUT2D eigenvalue weighted by molar-refractivity contribution is 0.811. The second kappa shape index (κ2) is 3.74. The van der Waals surface area contributed by atoms with Gasteiger partial charge in [0.2, 0.25) is 0 Å². The van der Waals surface area contributed by atoms with Crippen molar-refractivity contribution >= 4 is 11.6 Å². The van der Waals surface area contributed by atoms with Gasteiger partial charge in [0.15, 0.2) is 0 Å². The Hall–Kier alpha value is -1.44. The Balaban J connectivity index is 2.72. The summed E-state index contributed by atoms with van der Waals surface area (Å²) in [5, 5.41) is 10.2. The molecule has 1 heterocycles. The van der Waals surface area contributed by atoms with Crippen molar-refractivity contribution in [2.45, 2.75) is 20.3 Å². The smallest absolute Gasteiger partial charge is 0.0577 e. The lowest BCUT2D eigenvalue weighted by Crippen LogP contribution is -2.27. The summed E-state index contributed by atoms with van der Waals surface area (Å²) in [6.07, 6.45) is 11.5. The molecule has 72 valence electrons. The number of hydrogen-bond donors (Lipinski definition) is 0. The molecule has 0 fully saturated rings. The number of fused-ring (bicyclic) bond motifs is 1. The predicted molar refractivity (Wildman–Crippen MR) is 57.8 cm³/mol. The molecule has 2 heteroatoms. The minimum absolute atomic E-state index is 0.524. The number of allylic oxidation sites excluding steroid dienone is 2. The Morgan fingerprint density at radius 1 is 1.29 bits per heavy atom. The van der Waals surface area contributed by atoms with E-state index >= 15 is 0 Å². The Kier molecular flexibility index (Phi) is 2.44. The Morgan fingerprint density at radius 3 is 2.86 bits per heavy atom. The third kappa shape index (κ3) is 1.60. The SMILES string of the molecule is CCC1C=CC(C)=c2cnncc2=C1. The maximum Gasteiger partial charge on any atom is 0.0577 e. The number of rotatable bonds is 1. The van der Waals surface area contributed by atoms with Crippen LogP contribution in [-0.2, 0) is 0 Å². The fourth-order valence-electron chi connectivity index (χ4n) is 1.69. The summed E-state index contributed by atoms with van der Waals surface area (Å²) in [6.45, 7) is 4.31. The first-order chi connectivity index (χ1) is 6.81. The van der Waals surface area contributed by atoms with Gasteiger partial charge >= 0.3 is 0 Å². The minimum Gasteiger partial charge on any atom is -0.159 e. The molecular formula is C12H14N2.